The van der Waals surface area contributed by atoms with Crippen molar-refractivity contribution in [2.75, 3.05) is 7.05 Å². The van der Waals surface area contributed by atoms with E-state index in [0.29, 0.717) is 5.56 Å². The lowest BCUT2D eigenvalue weighted by molar-refractivity contribution is 0.0690. The molecule has 1 N–H and O–H groups in total. The van der Waals surface area contributed by atoms with Crippen LogP contribution in [0.5, 0.6) is 0 Å². The number of nitrogens with zero attached hydrogens (tertiary/aromatic N) is 2. The quantitative estimate of drug-likeness (QED) is 0.936. The standard InChI is InChI=1S/C15H13FN2O3/c1-18(9-10-3-2-4-12(16)7-10)14(19)11-5-6-17-13(8-11)15(20)21/h2-8H,9H2,1H3,(H,20,21). The lowest BCUT2D eigenvalue weighted by Gasteiger charge is -2.17. The monoisotopic (exact) mass is 288 g/mol. The molecule has 108 valence electrons. The number of carboxylic acid groups (broad SMARTS) is 1. The number of rotatable bonds is 4. The normalized spacial score (nSPS) is 10.2. The van der Waals surface area contributed by atoms with Gasteiger partial charge in [0, 0.05) is 25.4 Å². The van der Waals surface area contributed by atoms with E-state index in [1.54, 1.807) is 19.2 Å². The second kappa shape index (κ2) is 6.13. The Kier molecular flexibility index (Phi) is 4.27. The molecule has 21 heavy (non-hydrogen) atoms. The Hall–Kier alpha value is -2.76. The number of amides is 1. The zero-order chi connectivity index (χ0) is 15.4. The highest BCUT2D eigenvalue weighted by molar-refractivity contribution is 5.96. The number of carboxylic acids is 1. The molecule has 0 bridgehead atoms. The predicted octanol–water partition coefficient (Wildman–Crippen LogP) is 2.19. The summed E-state index contributed by atoms with van der Waals surface area (Å²) in [6, 6.07) is 8.61. The molecule has 1 aromatic heterocycles. The first kappa shape index (κ1) is 14.6. The lowest BCUT2D eigenvalue weighted by atomic mass is 10.1. The largest absolute Gasteiger partial charge is 0.477 e. The average molecular weight is 288 g/mol. The summed E-state index contributed by atoms with van der Waals surface area (Å²) in [7, 11) is 1.56. The number of pyridine rings is 1. The van der Waals surface area contributed by atoms with E-state index >= 15 is 0 Å². The summed E-state index contributed by atoms with van der Waals surface area (Å²) in [5.41, 5.74) is 0.680. The minimum absolute atomic E-state index is 0.194. The van der Waals surface area contributed by atoms with Crippen LogP contribution in [-0.4, -0.2) is 33.9 Å². The van der Waals surface area contributed by atoms with Gasteiger partial charge in [-0.15, -0.1) is 0 Å². The number of hydrogen-bond acceptors (Lipinski definition) is 3. The molecule has 1 amide bonds. The summed E-state index contributed by atoms with van der Waals surface area (Å²) in [4.78, 5) is 28.1. The maximum absolute atomic E-state index is 13.1. The number of hydrogen-bond donors (Lipinski definition) is 1. The smallest absolute Gasteiger partial charge is 0.354 e. The van der Waals surface area contributed by atoms with Crippen molar-refractivity contribution in [2.45, 2.75) is 6.54 Å². The third kappa shape index (κ3) is 3.62. The Morgan fingerprint density at radius 1 is 1.29 bits per heavy atom. The van der Waals surface area contributed by atoms with Gasteiger partial charge in [0.15, 0.2) is 0 Å². The predicted molar refractivity (Wildman–Crippen MR) is 73.4 cm³/mol. The minimum atomic E-state index is -1.20. The summed E-state index contributed by atoms with van der Waals surface area (Å²) in [6.07, 6.45) is 1.27. The number of benzene rings is 1. The summed E-state index contributed by atoms with van der Waals surface area (Å²) >= 11 is 0. The van der Waals surface area contributed by atoms with Gasteiger partial charge in [-0.1, -0.05) is 12.1 Å². The van der Waals surface area contributed by atoms with Crippen LogP contribution in [0.25, 0.3) is 0 Å². The van der Waals surface area contributed by atoms with E-state index in [2.05, 4.69) is 4.98 Å². The van der Waals surface area contributed by atoms with Crippen molar-refractivity contribution in [3.05, 3.63) is 65.2 Å². The van der Waals surface area contributed by atoms with Crippen LogP contribution in [0.4, 0.5) is 4.39 Å². The highest BCUT2D eigenvalue weighted by Gasteiger charge is 2.15. The molecule has 0 aliphatic rings. The molecule has 0 fully saturated rings. The zero-order valence-electron chi connectivity index (χ0n) is 11.3. The van der Waals surface area contributed by atoms with Crippen molar-refractivity contribution in [3.63, 3.8) is 0 Å². The van der Waals surface area contributed by atoms with E-state index in [9.17, 15) is 14.0 Å². The van der Waals surface area contributed by atoms with Crippen LogP contribution in [0.3, 0.4) is 0 Å². The summed E-state index contributed by atoms with van der Waals surface area (Å²) < 4.78 is 13.1. The second-order valence-corrected chi connectivity index (χ2v) is 4.53. The molecular formula is C15H13FN2O3. The second-order valence-electron chi connectivity index (χ2n) is 4.53. The maximum atomic E-state index is 13.1. The SMILES string of the molecule is CN(Cc1cccc(F)c1)C(=O)c1ccnc(C(=O)O)c1. The van der Waals surface area contributed by atoms with E-state index in [0.717, 1.165) is 0 Å². The molecule has 1 heterocycles. The Morgan fingerprint density at radius 2 is 2.05 bits per heavy atom. The van der Waals surface area contributed by atoms with Crippen molar-refractivity contribution >= 4 is 11.9 Å². The molecule has 0 unspecified atom stereocenters. The van der Waals surface area contributed by atoms with Gasteiger partial charge in [-0.25, -0.2) is 14.2 Å². The summed E-state index contributed by atoms with van der Waals surface area (Å²) in [6.45, 7) is 0.224. The van der Waals surface area contributed by atoms with Gasteiger partial charge in [-0.3, -0.25) is 4.79 Å². The average Bonchev–Trinajstić information content (AvgIpc) is 2.46. The first-order chi connectivity index (χ1) is 9.97. The van der Waals surface area contributed by atoms with E-state index in [1.807, 2.05) is 0 Å². The Balaban J connectivity index is 2.15. The van der Waals surface area contributed by atoms with Crippen LogP contribution in [-0.2, 0) is 6.54 Å². The van der Waals surface area contributed by atoms with Crippen LogP contribution < -0.4 is 0 Å². The Morgan fingerprint density at radius 3 is 2.71 bits per heavy atom. The molecule has 2 aromatic rings. The topological polar surface area (TPSA) is 70.5 Å². The van der Waals surface area contributed by atoms with E-state index in [4.69, 9.17) is 5.11 Å². The minimum Gasteiger partial charge on any atom is -0.477 e. The molecule has 2 rings (SSSR count). The fraction of sp³-hybridized carbons (Fsp3) is 0.133. The van der Waals surface area contributed by atoms with Gasteiger partial charge >= 0.3 is 5.97 Å². The molecule has 0 atom stereocenters. The molecule has 0 spiro atoms. The van der Waals surface area contributed by atoms with Gasteiger partial charge in [0.25, 0.3) is 5.91 Å². The molecule has 5 nitrogen and oxygen atoms in total. The molecular weight excluding hydrogens is 275 g/mol. The van der Waals surface area contributed by atoms with Crippen molar-refractivity contribution in [3.8, 4) is 0 Å². The van der Waals surface area contributed by atoms with Gasteiger partial charge in [0.2, 0.25) is 0 Å². The van der Waals surface area contributed by atoms with Crippen LogP contribution >= 0.6 is 0 Å². The molecule has 0 aliphatic heterocycles. The Labute approximate surface area is 120 Å². The summed E-state index contributed by atoms with van der Waals surface area (Å²) in [5.74, 6) is -1.92. The number of aromatic carboxylic acids is 1. The van der Waals surface area contributed by atoms with Gasteiger partial charge < -0.3 is 10.0 Å². The number of aromatic nitrogens is 1. The first-order valence-electron chi connectivity index (χ1n) is 6.16. The Bertz CT molecular complexity index is 688. The summed E-state index contributed by atoms with van der Waals surface area (Å²) in [5, 5.41) is 8.87. The van der Waals surface area contributed by atoms with Crippen LogP contribution in [0, 0.1) is 5.82 Å². The van der Waals surface area contributed by atoms with E-state index in [1.165, 1.54) is 35.4 Å². The van der Waals surface area contributed by atoms with Crippen molar-refractivity contribution in [2.24, 2.45) is 0 Å². The van der Waals surface area contributed by atoms with Crippen LogP contribution in [0.2, 0.25) is 0 Å². The molecule has 0 radical (unpaired) electrons. The molecule has 6 heteroatoms. The highest BCUT2D eigenvalue weighted by atomic mass is 19.1. The van der Waals surface area contributed by atoms with Crippen molar-refractivity contribution < 1.29 is 19.1 Å². The van der Waals surface area contributed by atoms with Crippen LogP contribution in [0.15, 0.2) is 42.6 Å². The zero-order valence-corrected chi connectivity index (χ0v) is 11.3. The van der Waals surface area contributed by atoms with Crippen molar-refractivity contribution in [1.82, 2.24) is 9.88 Å². The van der Waals surface area contributed by atoms with Gasteiger partial charge in [0.1, 0.15) is 11.5 Å². The molecule has 0 saturated carbocycles. The fourth-order valence-corrected chi connectivity index (χ4v) is 1.88. The van der Waals surface area contributed by atoms with Crippen LogP contribution in [0.1, 0.15) is 26.4 Å². The van der Waals surface area contributed by atoms with Gasteiger partial charge in [-0.2, -0.15) is 0 Å². The fourth-order valence-electron chi connectivity index (χ4n) is 1.88. The first-order valence-corrected chi connectivity index (χ1v) is 6.16. The maximum Gasteiger partial charge on any atom is 0.354 e. The number of carbonyl (C=O) groups is 2. The third-order valence-corrected chi connectivity index (χ3v) is 2.88. The van der Waals surface area contributed by atoms with E-state index in [-0.39, 0.29) is 29.5 Å². The third-order valence-electron chi connectivity index (χ3n) is 2.88. The molecule has 1 aromatic carbocycles. The van der Waals surface area contributed by atoms with Gasteiger partial charge in [-0.05, 0) is 29.8 Å². The molecule has 0 saturated heterocycles. The highest BCUT2D eigenvalue weighted by Crippen LogP contribution is 2.10. The van der Waals surface area contributed by atoms with Gasteiger partial charge in [0.05, 0.1) is 0 Å². The number of halogens is 1. The number of carbonyl (C=O) groups excluding carboxylic acids is 1. The van der Waals surface area contributed by atoms with Crippen molar-refractivity contribution in [1.29, 1.82) is 0 Å². The van der Waals surface area contributed by atoms with E-state index < -0.39 is 5.97 Å². The molecule has 0 aliphatic carbocycles. The lowest BCUT2D eigenvalue weighted by Crippen LogP contribution is -2.26.